The average molecular weight is 400 g/mol. The summed E-state index contributed by atoms with van der Waals surface area (Å²) < 4.78 is 45.7. The van der Waals surface area contributed by atoms with Crippen LogP contribution in [0.2, 0.25) is 0 Å². The molecule has 1 N–H and O–H groups in total. The smallest absolute Gasteiger partial charge is 0.284 e. The van der Waals surface area contributed by atoms with E-state index in [4.69, 9.17) is 4.74 Å². The van der Waals surface area contributed by atoms with E-state index in [1.165, 1.54) is 37.4 Å². The van der Waals surface area contributed by atoms with Crippen molar-refractivity contribution in [2.24, 2.45) is 0 Å². The van der Waals surface area contributed by atoms with Crippen molar-refractivity contribution in [1.82, 2.24) is 4.72 Å². The molecule has 0 heterocycles. The van der Waals surface area contributed by atoms with Crippen molar-refractivity contribution >= 4 is 27.5 Å². The van der Waals surface area contributed by atoms with E-state index in [-0.39, 0.29) is 21.3 Å². The van der Waals surface area contributed by atoms with E-state index in [1.807, 2.05) is 0 Å². The Kier molecular flexibility index (Phi) is 6.70. The Morgan fingerprint density at radius 1 is 1.27 bits per heavy atom. The van der Waals surface area contributed by atoms with Crippen molar-refractivity contribution in [3.05, 3.63) is 58.4 Å². The zero-order valence-electron chi connectivity index (χ0n) is 14.0. The molecule has 26 heavy (non-hydrogen) atoms. The zero-order chi connectivity index (χ0) is 19.3. The average Bonchev–Trinajstić information content (AvgIpc) is 2.56. The number of benzene rings is 2. The standard InChI is InChI=1S/C16H17FN2O5S2/c1-11(10-24-2)18-26(22,23)12-7-8-16(14(9-12)19(20)21)25-15-6-4-3-5-13(15)17/h3-9,11,18H,10H2,1-2H3/t11-/m0/s1. The molecule has 0 radical (unpaired) electrons. The van der Waals surface area contributed by atoms with Crippen LogP contribution in [0, 0.1) is 15.9 Å². The summed E-state index contributed by atoms with van der Waals surface area (Å²) >= 11 is 0.859. The fraction of sp³-hybridized carbons (Fsp3) is 0.250. The zero-order valence-corrected chi connectivity index (χ0v) is 15.6. The van der Waals surface area contributed by atoms with Crippen LogP contribution in [0.1, 0.15) is 6.92 Å². The summed E-state index contributed by atoms with van der Waals surface area (Å²) in [5.74, 6) is -0.515. The molecule has 0 aliphatic rings. The molecule has 1 atom stereocenters. The molecular weight excluding hydrogens is 383 g/mol. The number of hydrogen-bond donors (Lipinski definition) is 1. The number of methoxy groups -OCH3 is 1. The minimum atomic E-state index is -3.95. The van der Waals surface area contributed by atoms with Crippen molar-refractivity contribution in [2.75, 3.05) is 13.7 Å². The quantitative estimate of drug-likeness (QED) is 0.540. The van der Waals surface area contributed by atoms with Gasteiger partial charge in [-0.05, 0) is 31.2 Å². The predicted octanol–water partition coefficient (Wildman–Crippen LogP) is 3.20. The van der Waals surface area contributed by atoms with E-state index in [9.17, 15) is 22.9 Å². The highest BCUT2D eigenvalue weighted by Gasteiger charge is 2.23. The minimum absolute atomic E-state index is 0.143. The Morgan fingerprint density at radius 2 is 1.96 bits per heavy atom. The molecule has 0 bridgehead atoms. The van der Waals surface area contributed by atoms with Gasteiger partial charge in [-0.1, -0.05) is 23.9 Å². The van der Waals surface area contributed by atoms with E-state index in [1.54, 1.807) is 13.0 Å². The van der Waals surface area contributed by atoms with Crippen molar-refractivity contribution in [3.63, 3.8) is 0 Å². The van der Waals surface area contributed by atoms with Crippen LogP contribution < -0.4 is 4.72 Å². The second-order valence-electron chi connectivity index (χ2n) is 5.40. The van der Waals surface area contributed by atoms with Crippen molar-refractivity contribution in [3.8, 4) is 0 Å². The third-order valence-electron chi connectivity index (χ3n) is 3.27. The molecule has 0 saturated carbocycles. The van der Waals surface area contributed by atoms with E-state index in [0.29, 0.717) is 0 Å². The van der Waals surface area contributed by atoms with E-state index in [0.717, 1.165) is 17.8 Å². The number of halogens is 1. The molecule has 0 saturated heterocycles. The first-order valence-electron chi connectivity index (χ1n) is 7.46. The summed E-state index contributed by atoms with van der Waals surface area (Å²) in [5.41, 5.74) is -0.416. The Morgan fingerprint density at radius 3 is 2.58 bits per heavy atom. The summed E-state index contributed by atoms with van der Waals surface area (Å²) in [6.45, 7) is 1.76. The molecule has 0 aliphatic heterocycles. The van der Waals surface area contributed by atoms with E-state index < -0.39 is 32.5 Å². The lowest BCUT2D eigenvalue weighted by molar-refractivity contribution is -0.388. The number of nitrogens with zero attached hydrogens (tertiary/aromatic N) is 1. The van der Waals surface area contributed by atoms with Gasteiger partial charge in [0.25, 0.3) is 5.69 Å². The molecule has 0 unspecified atom stereocenters. The predicted molar refractivity (Wildman–Crippen MR) is 95.3 cm³/mol. The molecule has 2 aromatic carbocycles. The monoisotopic (exact) mass is 400 g/mol. The van der Waals surface area contributed by atoms with Crippen LogP contribution in [-0.2, 0) is 14.8 Å². The molecule has 10 heteroatoms. The third kappa shape index (κ3) is 5.01. The van der Waals surface area contributed by atoms with Crippen LogP contribution in [0.5, 0.6) is 0 Å². The fourth-order valence-electron chi connectivity index (χ4n) is 2.16. The Balaban J connectivity index is 2.37. The number of hydrogen-bond acceptors (Lipinski definition) is 6. The van der Waals surface area contributed by atoms with Gasteiger partial charge >= 0.3 is 0 Å². The lowest BCUT2D eigenvalue weighted by Gasteiger charge is -2.13. The maximum atomic E-state index is 13.8. The first-order valence-corrected chi connectivity index (χ1v) is 9.76. The van der Waals surface area contributed by atoms with Gasteiger partial charge in [-0.2, -0.15) is 0 Å². The molecule has 0 fully saturated rings. The maximum Gasteiger partial charge on any atom is 0.284 e. The van der Waals surface area contributed by atoms with Gasteiger partial charge in [-0.15, -0.1) is 0 Å². The van der Waals surface area contributed by atoms with Gasteiger partial charge in [-0.25, -0.2) is 17.5 Å². The van der Waals surface area contributed by atoms with Gasteiger partial charge < -0.3 is 4.74 Å². The maximum absolute atomic E-state index is 13.8. The van der Waals surface area contributed by atoms with Gasteiger partial charge in [0, 0.05) is 24.1 Å². The molecule has 0 spiro atoms. The summed E-state index contributed by atoms with van der Waals surface area (Å²) in [5, 5.41) is 11.4. The summed E-state index contributed by atoms with van der Waals surface area (Å²) in [7, 11) is -2.52. The van der Waals surface area contributed by atoms with Crippen LogP contribution in [-0.4, -0.2) is 33.1 Å². The Labute approximate surface area is 154 Å². The van der Waals surface area contributed by atoms with Crippen LogP contribution in [0.4, 0.5) is 10.1 Å². The van der Waals surface area contributed by atoms with Gasteiger partial charge in [0.1, 0.15) is 5.82 Å². The van der Waals surface area contributed by atoms with Gasteiger partial charge in [0.2, 0.25) is 10.0 Å². The molecule has 2 aromatic rings. The SMILES string of the molecule is COC[C@H](C)NS(=O)(=O)c1ccc(Sc2ccccc2F)c([N+](=O)[O-])c1. The number of nitrogens with one attached hydrogen (secondary N) is 1. The van der Waals surface area contributed by atoms with Gasteiger partial charge in [-0.3, -0.25) is 10.1 Å². The lowest BCUT2D eigenvalue weighted by atomic mass is 10.3. The van der Waals surface area contributed by atoms with Crippen LogP contribution >= 0.6 is 11.8 Å². The van der Waals surface area contributed by atoms with Crippen LogP contribution in [0.15, 0.2) is 57.2 Å². The highest BCUT2D eigenvalue weighted by molar-refractivity contribution is 7.99. The molecule has 0 aromatic heterocycles. The van der Waals surface area contributed by atoms with Crippen molar-refractivity contribution < 1.29 is 22.5 Å². The Bertz CT molecular complexity index is 905. The van der Waals surface area contributed by atoms with Gasteiger partial charge in [0.15, 0.2) is 0 Å². The molecular formula is C16H17FN2O5S2. The van der Waals surface area contributed by atoms with Gasteiger partial charge in [0.05, 0.1) is 21.3 Å². The summed E-state index contributed by atoms with van der Waals surface area (Å²) in [6.07, 6.45) is 0. The highest BCUT2D eigenvalue weighted by Crippen LogP contribution is 2.37. The first-order chi connectivity index (χ1) is 12.2. The number of nitro groups is 1. The minimum Gasteiger partial charge on any atom is -0.383 e. The topological polar surface area (TPSA) is 98.5 Å². The first kappa shape index (κ1) is 20.3. The second kappa shape index (κ2) is 8.58. The summed E-state index contributed by atoms with van der Waals surface area (Å²) in [4.78, 5) is 10.8. The molecule has 7 nitrogen and oxygen atoms in total. The third-order valence-corrected chi connectivity index (χ3v) is 5.97. The molecule has 140 valence electrons. The van der Waals surface area contributed by atoms with Crippen molar-refractivity contribution in [1.29, 1.82) is 0 Å². The van der Waals surface area contributed by atoms with E-state index in [2.05, 4.69) is 4.72 Å². The number of ether oxygens (including phenoxy) is 1. The van der Waals surface area contributed by atoms with Crippen LogP contribution in [0.25, 0.3) is 0 Å². The molecule has 0 aliphatic carbocycles. The van der Waals surface area contributed by atoms with E-state index >= 15 is 0 Å². The molecule has 2 rings (SSSR count). The summed E-state index contributed by atoms with van der Waals surface area (Å²) in [6, 6.07) is 8.86. The fourth-order valence-corrected chi connectivity index (χ4v) is 4.33. The number of nitro benzene ring substituents is 1. The second-order valence-corrected chi connectivity index (χ2v) is 8.19. The lowest BCUT2D eigenvalue weighted by Crippen LogP contribution is -2.35. The Hall–Kier alpha value is -2.01. The highest BCUT2D eigenvalue weighted by atomic mass is 32.2. The normalized spacial score (nSPS) is 12.7. The van der Waals surface area contributed by atoms with Crippen LogP contribution in [0.3, 0.4) is 0 Å². The molecule has 0 amide bonds. The number of sulfonamides is 1. The largest absolute Gasteiger partial charge is 0.383 e. The van der Waals surface area contributed by atoms with Crippen molar-refractivity contribution in [2.45, 2.75) is 27.7 Å². The number of rotatable bonds is 8.